The Balaban J connectivity index is 2.85. The summed E-state index contributed by atoms with van der Waals surface area (Å²) in [5.74, 6) is 1.73. The van der Waals surface area contributed by atoms with Crippen LogP contribution in [0.2, 0.25) is 0 Å². The third-order valence-corrected chi connectivity index (χ3v) is 2.91. The summed E-state index contributed by atoms with van der Waals surface area (Å²) in [6.45, 7) is 8.14. The molecular formula is C15H20O. The van der Waals surface area contributed by atoms with Gasteiger partial charge in [-0.3, -0.25) is 0 Å². The number of hydrogen-bond acceptors (Lipinski definition) is 1. The maximum atomic E-state index is 5.15. The van der Waals surface area contributed by atoms with Gasteiger partial charge in [-0.25, -0.2) is 0 Å². The Hall–Kier alpha value is -1.50. The van der Waals surface area contributed by atoms with E-state index in [1.54, 1.807) is 7.11 Å². The molecule has 1 aromatic rings. The van der Waals surface area contributed by atoms with Crippen molar-refractivity contribution in [2.45, 2.75) is 19.8 Å². The van der Waals surface area contributed by atoms with Crippen molar-refractivity contribution in [1.82, 2.24) is 0 Å². The quantitative estimate of drug-likeness (QED) is 0.671. The van der Waals surface area contributed by atoms with Gasteiger partial charge in [0.15, 0.2) is 0 Å². The highest BCUT2D eigenvalue weighted by Crippen LogP contribution is 2.27. The van der Waals surface area contributed by atoms with Crippen LogP contribution in [0.25, 0.3) is 0 Å². The first kappa shape index (κ1) is 12.6. The number of benzene rings is 1. The van der Waals surface area contributed by atoms with Crippen LogP contribution in [0.4, 0.5) is 0 Å². The monoisotopic (exact) mass is 216 g/mol. The first-order chi connectivity index (χ1) is 7.72. The number of rotatable bonds is 5. The van der Waals surface area contributed by atoms with Crippen molar-refractivity contribution < 1.29 is 4.74 Å². The smallest absolute Gasteiger partial charge is 0.118 e. The van der Waals surface area contributed by atoms with Gasteiger partial charge in [0.25, 0.3) is 0 Å². The van der Waals surface area contributed by atoms with E-state index in [-0.39, 0.29) is 0 Å². The second kappa shape index (κ2) is 6.16. The maximum absolute atomic E-state index is 5.15. The lowest BCUT2D eigenvalue weighted by molar-refractivity contribution is 0.414. The Labute approximate surface area is 98.5 Å². The molecular weight excluding hydrogens is 196 g/mol. The largest absolute Gasteiger partial charge is 0.497 e. The highest BCUT2D eigenvalue weighted by molar-refractivity contribution is 5.30. The first-order valence-corrected chi connectivity index (χ1v) is 5.62. The van der Waals surface area contributed by atoms with E-state index in [1.165, 1.54) is 5.56 Å². The molecule has 0 amide bonds. The minimum Gasteiger partial charge on any atom is -0.497 e. The minimum absolute atomic E-state index is 0.387. The highest BCUT2D eigenvalue weighted by atomic mass is 16.5. The van der Waals surface area contributed by atoms with Crippen molar-refractivity contribution in [3.8, 4) is 5.75 Å². The fourth-order valence-electron chi connectivity index (χ4n) is 1.80. The van der Waals surface area contributed by atoms with E-state index in [0.717, 1.165) is 5.75 Å². The van der Waals surface area contributed by atoms with Gasteiger partial charge >= 0.3 is 0 Å². The average Bonchev–Trinajstić information content (AvgIpc) is 2.35. The van der Waals surface area contributed by atoms with Gasteiger partial charge in [-0.15, -0.1) is 6.58 Å². The lowest BCUT2D eigenvalue weighted by Gasteiger charge is -2.18. The third kappa shape index (κ3) is 2.99. The zero-order valence-corrected chi connectivity index (χ0v) is 10.3. The van der Waals surface area contributed by atoms with Gasteiger partial charge < -0.3 is 4.74 Å². The number of methoxy groups -OCH3 is 1. The van der Waals surface area contributed by atoms with E-state index in [4.69, 9.17) is 4.74 Å². The van der Waals surface area contributed by atoms with Gasteiger partial charge in [0.05, 0.1) is 7.11 Å². The van der Waals surface area contributed by atoms with E-state index in [0.29, 0.717) is 11.8 Å². The normalized spacial score (nSPS) is 14.7. The number of allylic oxidation sites excluding steroid dienone is 3. The lowest BCUT2D eigenvalue weighted by Crippen LogP contribution is -2.04. The van der Waals surface area contributed by atoms with E-state index in [1.807, 2.05) is 25.1 Å². The molecule has 0 aromatic heterocycles. The zero-order chi connectivity index (χ0) is 12.0. The Morgan fingerprint density at radius 1 is 1.25 bits per heavy atom. The lowest BCUT2D eigenvalue weighted by atomic mass is 9.87. The fraction of sp³-hybridized carbons (Fsp3) is 0.333. The van der Waals surface area contributed by atoms with Crippen LogP contribution in [0.3, 0.4) is 0 Å². The van der Waals surface area contributed by atoms with E-state index in [2.05, 4.69) is 37.8 Å². The van der Waals surface area contributed by atoms with Crippen molar-refractivity contribution in [2.24, 2.45) is 5.92 Å². The van der Waals surface area contributed by atoms with Crippen molar-refractivity contribution >= 4 is 0 Å². The van der Waals surface area contributed by atoms with Crippen molar-refractivity contribution in [3.05, 3.63) is 54.6 Å². The second-order valence-electron chi connectivity index (χ2n) is 3.90. The molecule has 0 saturated heterocycles. The molecule has 0 N–H and O–H groups in total. The number of ether oxygens (including phenoxy) is 1. The molecule has 0 spiro atoms. The fourth-order valence-corrected chi connectivity index (χ4v) is 1.80. The minimum atomic E-state index is 0.387. The summed E-state index contributed by atoms with van der Waals surface area (Å²) < 4.78 is 5.15. The molecule has 2 unspecified atom stereocenters. The predicted molar refractivity (Wildman–Crippen MR) is 69.9 cm³/mol. The molecule has 0 aliphatic rings. The van der Waals surface area contributed by atoms with E-state index in [9.17, 15) is 0 Å². The SMILES string of the molecule is C=CC(/C=C\C)C(C)c1ccc(OC)cc1. The average molecular weight is 216 g/mol. The van der Waals surface area contributed by atoms with Crippen LogP contribution in [0.15, 0.2) is 49.1 Å². The van der Waals surface area contributed by atoms with Gasteiger partial charge in [0.1, 0.15) is 5.75 Å². The molecule has 86 valence electrons. The van der Waals surface area contributed by atoms with Crippen LogP contribution in [-0.4, -0.2) is 7.11 Å². The van der Waals surface area contributed by atoms with Gasteiger partial charge in [0.2, 0.25) is 0 Å². The van der Waals surface area contributed by atoms with Crippen molar-refractivity contribution in [1.29, 1.82) is 0 Å². The standard InChI is InChI=1S/C15H20O/c1-5-7-13(6-2)12(3)14-8-10-15(16-4)11-9-14/h5-13H,2H2,1,3-4H3/b7-5-. The molecule has 0 radical (unpaired) electrons. The van der Waals surface area contributed by atoms with Crippen LogP contribution in [0.1, 0.15) is 25.3 Å². The van der Waals surface area contributed by atoms with Crippen LogP contribution in [0.5, 0.6) is 5.75 Å². The Morgan fingerprint density at radius 2 is 1.88 bits per heavy atom. The first-order valence-electron chi connectivity index (χ1n) is 5.62. The molecule has 0 bridgehead atoms. The summed E-state index contributed by atoms with van der Waals surface area (Å²) in [7, 11) is 1.69. The molecule has 16 heavy (non-hydrogen) atoms. The van der Waals surface area contributed by atoms with E-state index < -0.39 is 0 Å². The van der Waals surface area contributed by atoms with Crippen molar-refractivity contribution in [3.63, 3.8) is 0 Å². The van der Waals surface area contributed by atoms with Crippen LogP contribution in [0, 0.1) is 5.92 Å². The van der Waals surface area contributed by atoms with Crippen molar-refractivity contribution in [2.75, 3.05) is 7.11 Å². The third-order valence-electron chi connectivity index (χ3n) is 2.91. The second-order valence-corrected chi connectivity index (χ2v) is 3.90. The summed E-state index contributed by atoms with van der Waals surface area (Å²) in [6.07, 6.45) is 6.25. The molecule has 1 heteroatoms. The molecule has 1 nitrogen and oxygen atoms in total. The Morgan fingerprint density at radius 3 is 2.31 bits per heavy atom. The summed E-state index contributed by atoms with van der Waals surface area (Å²) in [6, 6.07) is 8.23. The molecule has 0 aliphatic carbocycles. The topological polar surface area (TPSA) is 9.23 Å². The summed E-state index contributed by atoms with van der Waals surface area (Å²) in [4.78, 5) is 0. The highest BCUT2D eigenvalue weighted by Gasteiger charge is 2.12. The summed E-state index contributed by atoms with van der Waals surface area (Å²) in [5, 5.41) is 0. The molecule has 0 fully saturated rings. The van der Waals surface area contributed by atoms with Gasteiger partial charge in [-0.2, -0.15) is 0 Å². The molecule has 2 atom stereocenters. The Kier molecular flexibility index (Phi) is 4.84. The van der Waals surface area contributed by atoms with Gasteiger partial charge in [0, 0.05) is 5.92 Å². The van der Waals surface area contributed by atoms with Gasteiger partial charge in [-0.1, -0.05) is 37.3 Å². The Bertz CT molecular complexity index is 348. The summed E-state index contributed by atoms with van der Waals surface area (Å²) >= 11 is 0. The summed E-state index contributed by atoms with van der Waals surface area (Å²) in [5.41, 5.74) is 1.31. The van der Waals surface area contributed by atoms with Crippen LogP contribution in [-0.2, 0) is 0 Å². The molecule has 0 heterocycles. The molecule has 0 saturated carbocycles. The molecule has 1 aromatic carbocycles. The zero-order valence-electron chi connectivity index (χ0n) is 10.3. The molecule has 1 rings (SSSR count). The predicted octanol–water partition coefficient (Wildman–Crippen LogP) is 4.18. The van der Waals surface area contributed by atoms with E-state index >= 15 is 0 Å². The molecule has 0 aliphatic heterocycles. The van der Waals surface area contributed by atoms with Crippen LogP contribution < -0.4 is 4.74 Å². The maximum Gasteiger partial charge on any atom is 0.118 e. The van der Waals surface area contributed by atoms with Crippen LogP contribution >= 0.6 is 0 Å². The van der Waals surface area contributed by atoms with Gasteiger partial charge in [-0.05, 0) is 30.5 Å². The number of hydrogen-bond donors (Lipinski definition) is 0.